The molecule has 0 saturated heterocycles. The van der Waals surface area contributed by atoms with Crippen LogP contribution in [0, 0.1) is 0 Å². The molecule has 0 heterocycles. The van der Waals surface area contributed by atoms with Gasteiger partial charge in [-0.2, -0.15) is 0 Å². The Morgan fingerprint density at radius 3 is 1.82 bits per heavy atom. The summed E-state index contributed by atoms with van der Waals surface area (Å²) in [4.78, 5) is 0. The molecule has 0 bridgehead atoms. The van der Waals surface area contributed by atoms with Crippen molar-refractivity contribution >= 4 is 51.7 Å². The van der Waals surface area contributed by atoms with E-state index in [1.54, 1.807) is 0 Å². The van der Waals surface area contributed by atoms with Gasteiger partial charge in [-0.3, -0.25) is 0 Å². The summed E-state index contributed by atoms with van der Waals surface area (Å²) in [5.74, 6) is -0.777. The van der Waals surface area contributed by atoms with E-state index in [0.29, 0.717) is 17.1 Å². The fraction of sp³-hybridized carbons (Fsp3) is 1.00. The zero-order valence-corrected chi connectivity index (χ0v) is 14.5. The molecule has 0 aromatic carbocycles. The quantitative estimate of drug-likeness (QED) is 0.598. The minimum atomic E-state index is -3.60. The summed E-state index contributed by atoms with van der Waals surface area (Å²) < 4.78 is 47.9. The predicted molar refractivity (Wildman–Crippen MR) is 77.2 cm³/mol. The first-order chi connectivity index (χ1) is 7.60. The van der Waals surface area contributed by atoms with Crippen molar-refractivity contribution in [2.24, 2.45) is 0 Å². The zero-order valence-electron chi connectivity index (χ0n) is 9.74. The van der Waals surface area contributed by atoms with Crippen LogP contribution in [0.15, 0.2) is 0 Å². The number of alkyl halides is 2. The van der Waals surface area contributed by atoms with Crippen molar-refractivity contribution in [2.75, 3.05) is 28.4 Å². The van der Waals surface area contributed by atoms with E-state index >= 15 is 0 Å². The average molecular weight is 415 g/mol. The first-order valence-corrected chi connectivity index (χ1v) is 10.9. The summed E-state index contributed by atoms with van der Waals surface area (Å²) >= 11 is 6.52. The molecule has 0 radical (unpaired) electrons. The minimum Gasteiger partial charge on any atom is -0.229 e. The molecular weight excluding hydrogens is 398 g/mol. The molecular formula is C8H17Br2NO4S2. The third-order valence-corrected chi connectivity index (χ3v) is 7.12. The molecule has 0 aromatic rings. The van der Waals surface area contributed by atoms with Gasteiger partial charge >= 0.3 is 0 Å². The third-order valence-electron chi connectivity index (χ3n) is 2.28. The number of hydrogen-bond acceptors (Lipinski definition) is 4. The number of hydrogen-bond donors (Lipinski definition) is 1. The maximum Gasteiger partial charge on any atom is 0.213 e. The van der Waals surface area contributed by atoms with Crippen LogP contribution in [0.3, 0.4) is 0 Å². The maximum atomic E-state index is 11.8. The van der Waals surface area contributed by atoms with Gasteiger partial charge < -0.3 is 0 Å². The minimum absolute atomic E-state index is 0.368. The molecule has 0 amide bonds. The molecule has 0 aliphatic rings. The van der Waals surface area contributed by atoms with E-state index in [2.05, 4.69) is 36.6 Å². The highest BCUT2D eigenvalue weighted by atomic mass is 79.9. The van der Waals surface area contributed by atoms with E-state index in [1.165, 1.54) is 0 Å². The second-order valence-corrected chi connectivity index (χ2v) is 9.18. The third kappa shape index (κ3) is 7.09. The molecule has 0 unspecified atom stereocenters. The Balaban J connectivity index is 4.75. The Morgan fingerprint density at radius 2 is 1.53 bits per heavy atom. The molecule has 9 heteroatoms. The Morgan fingerprint density at radius 1 is 1.06 bits per heavy atom. The van der Waals surface area contributed by atoms with Crippen molar-refractivity contribution in [1.29, 1.82) is 0 Å². The van der Waals surface area contributed by atoms with Crippen molar-refractivity contribution in [3.05, 3.63) is 0 Å². The Bertz CT molecular complexity index is 420. The van der Waals surface area contributed by atoms with Gasteiger partial charge in [0.2, 0.25) is 10.0 Å². The van der Waals surface area contributed by atoms with Gasteiger partial charge in [0.25, 0.3) is 0 Å². The molecule has 17 heavy (non-hydrogen) atoms. The Labute approximate surface area is 120 Å². The van der Waals surface area contributed by atoms with Crippen molar-refractivity contribution in [2.45, 2.75) is 18.9 Å². The summed E-state index contributed by atoms with van der Waals surface area (Å²) in [6.07, 6.45) is 1.62. The molecule has 0 spiro atoms. The van der Waals surface area contributed by atoms with Gasteiger partial charge in [0, 0.05) is 16.9 Å². The van der Waals surface area contributed by atoms with Crippen LogP contribution in [0.25, 0.3) is 0 Å². The number of rotatable bonds is 8. The van der Waals surface area contributed by atoms with Crippen LogP contribution in [-0.2, 0) is 19.9 Å². The molecule has 0 aromatic heterocycles. The average Bonchev–Trinajstić information content (AvgIpc) is 2.23. The van der Waals surface area contributed by atoms with E-state index in [1.807, 2.05) is 6.92 Å². The summed E-state index contributed by atoms with van der Waals surface area (Å²) in [7, 11) is -6.87. The lowest BCUT2D eigenvalue weighted by atomic mass is 10.0. The fourth-order valence-electron chi connectivity index (χ4n) is 0.993. The first-order valence-electron chi connectivity index (χ1n) is 4.91. The summed E-state index contributed by atoms with van der Waals surface area (Å²) in [6, 6.07) is 0. The van der Waals surface area contributed by atoms with E-state index in [-0.39, 0.29) is 5.75 Å². The zero-order chi connectivity index (χ0) is 13.7. The monoisotopic (exact) mass is 413 g/mol. The number of halogens is 2. The SMILES string of the molecule is CCC(CBr)(CBr)NS(=O)(=O)CCS(C)(=O)=O. The highest BCUT2D eigenvalue weighted by molar-refractivity contribution is 9.09. The number of nitrogens with one attached hydrogen (secondary N) is 1. The molecule has 0 aliphatic heterocycles. The normalized spacial score (nSPS) is 13.9. The van der Waals surface area contributed by atoms with Crippen LogP contribution in [0.1, 0.15) is 13.3 Å². The van der Waals surface area contributed by atoms with Crippen LogP contribution in [0.5, 0.6) is 0 Å². The van der Waals surface area contributed by atoms with Crippen molar-refractivity contribution < 1.29 is 16.8 Å². The van der Waals surface area contributed by atoms with E-state index in [4.69, 9.17) is 0 Å². The topological polar surface area (TPSA) is 80.3 Å². The van der Waals surface area contributed by atoms with Crippen LogP contribution in [0.4, 0.5) is 0 Å². The summed E-state index contributed by atoms with van der Waals surface area (Å²) in [6.45, 7) is 1.86. The smallest absolute Gasteiger partial charge is 0.213 e. The lowest BCUT2D eigenvalue weighted by Gasteiger charge is -2.29. The second kappa shape index (κ2) is 6.83. The number of sulfonamides is 1. The second-order valence-electron chi connectivity index (χ2n) is 3.95. The van der Waals surface area contributed by atoms with Gasteiger partial charge in [0.05, 0.1) is 17.0 Å². The Kier molecular flexibility index (Phi) is 7.16. The van der Waals surface area contributed by atoms with Gasteiger partial charge in [-0.15, -0.1) is 0 Å². The van der Waals surface area contributed by atoms with Crippen LogP contribution in [0.2, 0.25) is 0 Å². The number of sulfone groups is 1. The van der Waals surface area contributed by atoms with E-state index < -0.39 is 31.2 Å². The van der Waals surface area contributed by atoms with Crippen LogP contribution < -0.4 is 4.72 Å². The van der Waals surface area contributed by atoms with Gasteiger partial charge in [0.1, 0.15) is 9.84 Å². The molecule has 5 nitrogen and oxygen atoms in total. The summed E-state index contributed by atoms with van der Waals surface area (Å²) in [5, 5.41) is 0.916. The van der Waals surface area contributed by atoms with Gasteiger partial charge in [-0.05, 0) is 6.42 Å². The molecule has 0 saturated carbocycles. The van der Waals surface area contributed by atoms with Gasteiger partial charge in [-0.1, -0.05) is 38.8 Å². The van der Waals surface area contributed by atoms with Gasteiger partial charge in [-0.25, -0.2) is 21.6 Å². The molecule has 0 aliphatic carbocycles. The molecule has 0 fully saturated rings. The highest BCUT2D eigenvalue weighted by Gasteiger charge is 2.31. The molecule has 104 valence electrons. The highest BCUT2D eigenvalue weighted by Crippen LogP contribution is 2.18. The van der Waals surface area contributed by atoms with Crippen molar-refractivity contribution in [1.82, 2.24) is 4.72 Å². The lowest BCUT2D eigenvalue weighted by molar-refractivity contribution is 0.460. The van der Waals surface area contributed by atoms with E-state index in [9.17, 15) is 16.8 Å². The molecule has 1 N–H and O–H groups in total. The van der Waals surface area contributed by atoms with E-state index in [0.717, 1.165) is 6.26 Å². The maximum absolute atomic E-state index is 11.8. The Hall–Kier alpha value is 0.820. The van der Waals surface area contributed by atoms with Crippen molar-refractivity contribution in [3.63, 3.8) is 0 Å². The molecule has 0 atom stereocenters. The van der Waals surface area contributed by atoms with Crippen molar-refractivity contribution in [3.8, 4) is 0 Å². The fourth-order valence-corrected chi connectivity index (χ4v) is 6.51. The van der Waals surface area contributed by atoms with Crippen LogP contribution >= 0.6 is 31.9 Å². The standard InChI is InChI=1S/C8H17Br2NO4S2/c1-3-8(6-9,7-10)11-17(14,15)5-4-16(2,12)13/h11H,3-7H2,1-2H3. The van der Waals surface area contributed by atoms with Gasteiger partial charge in [0.15, 0.2) is 0 Å². The summed E-state index contributed by atoms with van der Waals surface area (Å²) in [5.41, 5.74) is -0.615. The largest absolute Gasteiger partial charge is 0.229 e. The lowest BCUT2D eigenvalue weighted by Crippen LogP contribution is -2.52. The predicted octanol–water partition coefficient (Wildman–Crippen LogP) is 0.889. The first kappa shape index (κ1) is 17.8. The molecule has 0 rings (SSSR count). The van der Waals surface area contributed by atoms with Crippen LogP contribution in [-0.4, -0.2) is 50.8 Å².